The Balaban J connectivity index is 2.85. The van der Waals surface area contributed by atoms with Crippen LogP contribution >= 0.6 is 0 Å². The normalized spacial score (nSPS) is 15.2. The molecule has 0 saturated heterocycles. The first kappa shape index (κ1) is 17.1. The molecule has 4 nitrogen and oxygen atoms in total. The van der Waals surface area contributed by atoms with Gasteiger partial charge in [0.15, 0.2) is 0 Å². The largest absolute Gasteiger partial charge is 0.329 e. The summed E-state index contributed by atoms with van der Waals surface area (Å²) in [5.74, 6) is 0.167. The van der Waals surface area contributed by atoms with Crippen LogP contribution in [0.3, 0.4) is 0 Å². The maximum Gasteiger partial charge on any atom is 0.148 e. The molecule has 0 saturated carbocycles. The van der Waals surface area contributed by atoms with E-state index in [9.17, 15) is 8.42 Å². The lowest BCUT2D eigenvalue weighted by Crippen LogP contribution is -2.54. The van der Waals surface area contributed by atoms with Crippen LogP contribution in [0.25, 0.3) is 0 Å². The van der Waals surface area contributed by atoms with Crippen molar-refractivity contribution in [1.82, 2.24) is 4.90 Å². The second-order valence-electron chi connectivity index (χ2n) is 5.50. The van der Waals surface area contributed by atoms with Gasteiger partial charge in [0.25, 0.3) is 0 Å². The summed E-state index contributed by atoms with van der Waals surface area (Å²) in [4.78, 5) is 2.10. The summed E-state index contributed by atoms with van der Waals surface area (Å²) in [6.45, 7) is 3.13. The van der Waals surface area contributed by atoms with Gasteiger partial charge in [0.2, 0.25) is 0 Å². The summed E-state index contributed by atoms with van der Waals surface area (Å²) >= 11 is 0. The van der Waals surface area contributed by atoms with E-state index >= 15 is 0 Å². The van der Waals surface area contributed by atoms with E-state index in [0.29, 0.717) is 13.1 Å². The third kappa shape index (κ3) is 4.89. The molecule has 2 N–H and O–H groups in total. The van der Waals surface area contributed by atoms with Gasteiger partial charge in [-0.15, -0.1) is 0 Å². The van der Waals surface area contributed by atoms with Gasteiger partial charge in [-0.3, -0.25) is 4.90 Å². The predicted molar refractivity (Wildman–Crippen MR) is 84.6 cm³/mol. The van der Waals surface area contributed by atoms with Gasteiger partial charge in [-0.2, -0.15) is 0 Å². The second kappa shape index (κ2) is 7.20. The Morgan fingerprint density at radius 3 is 2.30 bits per heavy atom. The van der Waals surface area contributed by atoms with E-state index in [1.807, 2.05) is 25.2 Å². The van der Waals surface area contributed by atoms with Gasteiger partial charge in [-0.1, -0.05) is 37.3 Å². The van der Waals surface area contributed by atoms with E-state index in [1.165, 1.54) is 11.8 Å². The Kier molecular flexibility index (Phi) is 6.17. The van der Waals surface area contributed by atoms with E-state index in [-0.39, 0.29) is 11.3 Å². The molecule has 0 radical (unpaired) electrons. The molecule has 1 unspecified atom stereocenters. The van der Waals surface area contributed by atoms with Gasteiger partial charge in [-0.05, 0) is 25.5 Å². The molecule has 0 aliphatic rings. The van der Waals surface area contributed by atoms with E-state index < -0.39 is 9.84 Å². The zero-order chi connectivity index (χ0) is 15.2. The molecule has 0 aromatic heterocycles. The van der Waals surface area contributed by atoms with Crippen molar-refractivity contribution in [3.05, 3.63) is 35.9 Å². The molecule has 5 heteroatoms. The summed E-state index contributed by atoms with van der Waals surface area (Å²) in [7, 11) is -0.988. The average Bonchev–Trinajstić information content (AvgIpc) is 2.42. The number of benzene rings is 1. The van der Waals surface area contributed by atoms with Crippen LogP contribution in [-0.4, -0.2) is 51.0 Å². The average molecular weight is 298 g/mol. The first-order valence-corrected chi connectivity index (χ1v) is 9.02. The van der Waals surface area contributed by atoms with Gasteiger partial charge in [0.1, 0.15) is 9.84 Å². The maximum absolute atomic E-state index is 11.3. The van der Waals surface area contributed by atoms with Crippen molar-refractivity contribution in [2.24, 2.45) is 5.73 Å². The number of sulfone groups is 1. The Hall–Kier alpha value is -0.910. The highest BCUT2D eigenvalue weighted by atomic mass is 32.2. The fourth-order valence-corrected chi connectivity index (χ4v) is 3.02. The van der Waals surface area contributed by atoms with Gasteiger partial charge in [0.05, 0.1) is 5.75 Å². The van der Waals surface area contributed by atoms with Crippen molar-refractivity contribution in [1.29, 1.82) is 0 Å². The Bertz CT molecular complexity index is 496. The van der Waals surface area contributed by atoms with Crippen LogP contribution in [0.15, 0.2) is 30.3 Å². The number of nitrogens with two attached hydrogens (primary N) is 1. The number of rotatable bonds is 8. The lowest BCUT2D eigenvalue weighted by atomic mass is 9.86. The molecular formula is C15H26N2O2S. The minimum atomic E-state index is -2.95. The van der Waals surface area contributed by atoms with Crippen LogP contribution in [0.5, 0.6) is 0 Å². The fraction of sp³-hybridized carbons (Fsp3) is 0.600. The first-order chi connectivity index (χ1) is 9.33. The molecule has 1 aromatic rings. The monoisotopic (exact) mass is 298 g/mol. The Morgan fingerprint density at radius 1 is 1.25 bits per heavy atom. The van der Waals surface area contributed by atoms with Gasteiger partial charge >= 0.3 is 0 Å². The molecule has 0 aliphatic carbocycles. The molecule has 0 bridgehead atoms. The van der Waals surface area contributed by atoms with Crippen molar-refractivity contribution in [2.45, 2.75) is 25.3 Å². The van der Waals surface area contributed by atoms with Gasteiger partial charge < -0.3 is 5.73 Å². The van der Waals surface area contributed by atoms with Gasteiger partial charge in [-0.25, -0.2) is 8.42 Å². The van der Waals surface area contributed by atoms with Crippen LogP contribution in [-0.2, 0) is 16.3 Å². The summed E-state index contributed by atoms with van der Waals surface area (Å²) in [5.41, 5.74) is 7.05. The summed E-state index contributed by atoms with van der Waals surface area (Å²) in [6.07, 6.45) is 2.99. The number of likely N-dealkylation sites (N-methyl/N-ethyl adjacent to an activating group) is 1. The molecule has 0 amide bonds. The van der Waals surface area contributed by atoms with Crippen molar-refractivity contribution >= 4 is 9.84 Å². The predicted octanol–water partition coefficient (Wildman–Crippen LogP) is 1.31. The zero-order valence-electron chi connectivity index (χ0n) is 12.7. The number of nitrogens with zero attached hydrogens (tertiary/aromatic N) is 1. The third-order valence-corrected chi connectivity index (χ3v) is 4.95. The minimum absolute atomic E-state index is 0.167. The van der Waals surface area contributed by atoms with Crippen molar-refractivity contribution in [3.8, 4) is 0 Å². The molecular weight excluding hydrogens is 272 g/mol. The molecule has 1 atom stereocenters. The Labute approximate surface area is 122 Å². The second-order valence-corrected chi connectivity index (χ2v) is 7.76. The standard InChI is InChI=1S/C15H26N2O2S/c1-4-15(13-16,12-14-8-6-5-7-9-14)17(2)10-11-20(3,18)19/h5-9H,4,10-13,16H2,1-3H3. The molecule has 0 spiro atoms. The third-order valence-electron chi connectivity index (χ3n) is 4.02. The van der Waals surface area contributed by atoms with E-state index in [4.69, 9.17) is 5.73 Å². The molecule has 1 rings (SSSR count). The van der Waals surface area contributed by atoms with E-state index in [2.05, 4.69) is 24.0 Å². The number of hydrogen-bond acceptors (Lipinski definition) is 4. The van der Waals surface area contributed by atoms with Gasteiger partial charge in [0, 0.05) is 24.9 Å². The zero-order valence-corrected chi connectivity index (χ0v) is 13.5. The highest BCUT2D eigenvalue weighted by Crippen LogP contribution is 2.23. The Morgan fingerprint density at radius 2 is 1.85 bits per heavy atom. The minimum Gasteiger partial charge on any atom is -0.329 e. The molecule has 0 heterocycles. The lowest BCUT2D eigenvalue weighted by Gasteiger charge is -2.41. The highest BCUT2D eigenvalue weighted by molar-refractivity contribution is 7.90. The SMILES string of the molecule is CCC(CN)(Cc1ccccc1)N(C)CCS(C)(=O)=O. The molecule has 0 fully saturated rings. The van der Waals surface area contributed by atoms with Crippen LogP contribution in [0.4, 0.5) is 0 Å². The smallest absolute Gasteiger partial charge is 0.148 e. The van der Waals surface area contributed by atoms with Crippen molar-refractivity contribution < 1.29 is 8.42 Å². The summed E-state index contributed by atoms with van der Waals surface area (Å²) < 4.78 is 22.7. The molecule has 20 heavy (non-hydrogen) atoms. The van der Waals surface area contributed by atoms with Crippen LogP contribution in [0, 0.1) is 0 Å². The molecule has 0 aliphatic heterocycles. The fourth-order valence-electron chi connectivity index (χ4n) is 2.42. The summed E-state index contributed by atoms with van der Waals surface area (Å²) in [6, 6.07) is 10.2. The van der Waals surface area contributed by atoms with Crippen molar-refractivity contribution in [3.63, 3.8) is 0 Å². The van der Waals surface area contributed by atoms with Crippen LogP contribution in [0.2, 0.25) is 0 Å². The van der Waals surface area contributed by atoms with Crippen LogP contribution in [0.1, 0.15) is 18.9 Å². The van der Waals surface area contributed by atoms with Crippen LogP contribution < -0.4 is 5.73 Å². The topological polar surface area (TPSA) is 63.4 Å². The quantitative estimate of drug-likeness (QED) is 0.786. The first-order valence-electron chi connectivity index (χ1n) is 6.96. The summed E-state index contributed by atoms with van der Waals surface area (Å²) in [5, 5.41) is 0. The van der Waals surface area contributed by atoms with E-state index in [0.717, 1.165) is 12.8 Å². The maximum atomic E-state index is 11.3. The molecule has 1 aromatic carbocycles. The lowest BCUT2D eigenvalue weighted by molar-refractivity contribution is 0.128. The highest BCUT2D eigenvalue weighted by Gasteiger charge is 2.31. The molecule has 114 valence electrons. The number of hydrogen-bond donors (Lipinski definition) is 1. The van der Waals surface area contributed by atoms with E-state index in [1.54, 1.807) is 0 Å². The van der Waals surface area contributed by atoms with Crippen molar-refractivity contribution in [2.75, 3.05) is 32.1 Å².